The van der Waals surface area contributed by atoms with Crippen LogP contribution in [0.15, 0.2) is 24.3 Å². The lowest BCUT2D eigenvalue weighted by atomic mass is 10.1. The van der Waals surface area contributed by atoms with Crippen LogP contribution in [0.1, 0.15) is 90.9 Å². The highest BCUT2D eigenvalue weighted by Crippen LogP contribution is 2.13. The first-order chi connectivity index (χ1) is 16.9. The van der Waals surface area contributed by atoms with E-state index in [0.717, 1.165) is 48.0 Å². The molecule has 0 bridgehead atoms. The molecule has 0 saturated carbocycles. The van der Waals surface area contributed by atoms with E-state index in [-0.39, 0.29) is 11.8 Å². The number of nitrogens with one attached hydrogen (secondary N) is 2. The number of hydrogen-bond acceptors (Lipinski definition) is 2. The number of amides is 2. The maximum Gasteiger partial charge on any atom is 0.246 e. The molecule has 0 aromatic rings. The average molecular weight is 509 g/mol. The van der Waals surface area contributed by atoms with Gasteiger partial charge in [0.1, 0.15) is 0 Å². The molecule has 0 unspecified atom stereocenters. The van der Waals surface area contributed by atoms with Gasteiger partial charge in [0.25, 0.3) is 0 Å². The van der Waals surface area contributed by atoms with Gasteiger partial charge >= 0.3 is 0 Å². The van der Waals surface area contributed by atoms with Gasteiger partial charge in [-0.05, 0) is 39.5 Å². The highest BCUT2D eigenvalue weighted by Gasteiger charge is 2.15. The van der Waals surface area contributed by atoms with Crippen molar-refractivity contribution in [2.24, 2.45) is 0 Å². The van der Waals surface area contributed by atoms with Crippen LogP contribution in [-0.4, -0.2) is 88.2 Å². The van der Waals surface area contributed by atoms with Crippen molar-refractivity contribution in [2.45, 2.75) is 90.9 Å². The van der Waals surface area contributed by atoms with E-state index in [9.17, 15) is 9.59 Å². The third-order valence-corrected chi connectivity index (χ3v) is 7.00. The van der Waals surface area contributed by atoms with Crippen molar-refractivity contribution >= 4 is 11.8 Å². The van der Waals surface area contributed by atoms with Crippen LogP contribution in [0.5, 0.6) is 0 Å². The fourth-order valence-electron chi connectivity index (χ4n) is 4.44. The van der Waals surface area contributed by atoms with Crippen LogP contribution in [0.25, 0.3) is 0 Å². The minimum absolute atomic E-state index is 0.0296. The molecule has 0 fully saturated rings. The molecule has 0 saturated heterocycles. The van der Waals surface area contributed by atoms with Gasteiger partial charge in [0.15, 0.2) is 0 Å². The summed E-state index contributed by atoms with van der Waals surface area (Å²) in [6.07, 6.45) is 15.5. The zero-order valence-corrected chi connectivity index (χ0v) is 24.9. The quantitative estimate of drug-likeness (QED) is 0.113. The second kappa shape index (κ2) is 19.5. The Kier molecular flexibility index (Phi) is 18.6. The Labute approximate surface area is 223 Å². The Bertz CT molecular complexity index is 599. The summed E-state index contributed by atoms with van der Waals surface area (Å²) in [6.45, 7) is 16.9. The predicted octanol–water partition coefficient (Wildman–Crippen LogP) is 5.21. The van der Waals surface area contributed by atoms with Crippen LogP contribution in [0.4, 0.5) is 0 Å². The third kappa shape index (κ3) is 20.5. The molecule has 0 aromatic heterocycles. The van der Waals surface area contributed by atoms with Gasteiger partial charge in [0, 0.05) is 37.1 Å². The van der Waals surface area contributed by atoms with Crippen molar-refractivity contribution in [1.82, 2.24) is 10.6 Å². The van der Waals surface area contributed by atoms with Crippen LogP contribution < -0.4 is 10.6 Å². The van der Waals surface area contributed by atoms with E-state index in [0.29, 0.717) is 11.1 Å². The first kappa shape index (κ1) is 34.3. The first-order valence-electron chi connectivity index (χ1n) is 14.4. The molecule has 0 heterocycles. The van der Waals surface area contributed by atoms with Gasteiger partial charge in [-0.15, -0.1) is 0 Å². The number of unbranched alkanes of at least 4 members (excludes halogenated alkanes) is 9. The van der Waals surface area contributed by atoms with Gasteiger partial charge in [-0.25, -0.2) is 0 Å². The summed E-state index contributed by atoms with van der Waals surface area (Å²) in [4.78, 5) is 23.1. The van der Waals surface area contributed by atoms with Gasteiger partial charge in [-0.3, -0.25) is 9.59 Å². The summed E-state index contributed by atoms with van der Waals surface area (Å²) in [5, 5.41) is 5.85. The molecule has 6 heteroatoms. The summed E-state index contributed by atoms with van der Waals surface area (Å²) in [7, 11) is 9.19. The Morgan fingerprint density at radius 3 is 1.03 bits per heavy atom. The summed E-state index contributed by atoms with van der Waals surface area (Å²) in [6, 6.07) is 0. The second-order valence-electron chi connectivity index (χ2n) is 12.1. The van der Waals surface area contributed by atoms with Gasteiger partial charge in [-0.2, -0.15) is 0 Å². The van der Waals surface area contributed by atoms with E-state index in [1.807, 2.05) is 0 Å². The standard InChI is InChI=1S/C30H58N4O2/c1-27(2)29(35)31-21-19-25-33(5,6)23-17-15-13-11-9-10-12-14-16-18-24-34(7,8)26-20-22-32-30(36)28(3)4/h1,3,9-26H2,2,4-8H3/p+2. The van der Waals surface area contributed by atoms with Crippen molar-refractivity contribution in [3.05, 3.63) is 24.3 Å². The molecule has 0 aliphatic heterocycles. The highest BCUT2D eigenvalue weighted by atomic mass is 16.2. The van der Waals surface area contributed by atoms with Crippen molar-refractivity contribution in [1.29, 1.82) is 0 Å². The molecule has 0 spiro atoms. The van der Waals surface area contributed by atoms with Crippen LogP contribution >= 0.6 is 0 Å². The normalized spacial score (nSPS) is 11.8. The number of carbonyl (C=O) groups is 2. The van der Waals surface area contributed by atoms with E-state index < -0.39 is 0 Å². The molecule has 0 atom stereocenters. The Balaban J connectivity index is 3.56. The summed E-state index contributed by atoms with van der Waals surface area (Å²) in [5.74, 6) is -0.0592. The predicted molar refractivity (Wildman–Crippen MR) is 155 cm³/mol. The Morgan fingerprint density at radius 2 is 0.750 bits per heavy atom. The number of nitrogens with zero attached hydrogens (tertiary/aromatic N) is 2. The molecular weight excluding hydrogens is 448 g/mol. The van der Waals surface area contributed by atoms with Gasteiger partial charge in [0.05, 0.1) is 54.4 Å². The third-order valence-electron chi connectivity index (χ3n) is 7.00. The molecular formula is C30H60N4O2+2. The lowest BCUT2D eigenvalue weighted by Gasteiger charge is -2.30. The smallest absolute Gasteiger partial charge is 0.246 e. The van der Waals surface area contributed by atoms with Gasteiger partial charge < -0.3 is 19.6 Å². The van der Waals surface area contributed by atoms with Crippen LogP contribution in [0.3, 0.4) is 0 Å². The lowest BCUT2D eigenvalue weighted by molar-refractivity contribution is -0.890. The van der Waals surface area contributed by atoms with Gasteiger partial charge in [-0.1, -0.05) is 51.7 Å². The van der Waals surface area contributed by atoms with Crippen molar-refractivity contribution in [2.75, 3.05) is 67.5 Å². The zero-order chi connectivity index (χ0) is 27.5. The molecule has 0 aliphatic rings. The van der Waals surface area contributed by atoms with E-state index in [1.54, 1.807) is 13.8 Å². The Hall–Kier alpha value is -1.66. The lowest BCUT2D eigenvalue weighted by Crippen LogP contribution is -2.42. The largest absolute Gasteiger partial charge is 0.352 e. The van der Waals surface area contributed by atoms with Crippen molar-refractivity contribution in [3.63, 3.8) is 0 Å². The highest BCUT2D eigenvalue weighted by molar-refractivity contribution is 5.92. The summed E-state index contributed by atoms with van der Waals surface area (Å²) in [5.41, 5.74) is 1.16. The summed E-state index contributed by atoms with van der Waals surface area (Å²) < 4.78 is 2.06. The minimum Gasteiger partial charge on any atom is -0.352 e. The zero-order valence-electron chi connectivity index (χ0n) is 24.9. The minimum atomic E-state index is -0.0296. The van der Waals surface area contributed by atoms with E-state index >= 15 is 0 Å². The molecule has 2 N–H and O–H groups in total. The van der Waals surface area contributed by atoms with Gasteiger partial charge in [0.2, 0.25) is 11.8 Å². The van der Waals surface area contributed by atoms with Crippen LogP contribution in [0.2, 0.25) is 0 Å². The number of rotatable bonds is 23. The molecule has 0 rings (SSSR count). The fraction of sp³-hybridized carbons (Fsp3) is 0.800. The molecule has 210 valence electrons. The second-order valence-corrected chi connectivity index (χ2v) is 12.1. The molecule has 36 heavy (non-hydrogen) atoms. The summed E-state index contributed by atoms with van der Waals surface area (Å²) >= 11 is 0. The molecule has 6 nitrogen and oxygen atoms in total. The SMILES string of the molecule is C=C(C)C(=O)NCCC[N+](C)(C)CCCCCCCCCCCC[N+](C)(C)CCCNC(=O)C(=C)C. The topological polar surface area (TPSA) is 58.2 Å². The van der Waals surface area contributed by atoms with Crippen molar-refractivity contribution < 1.29 is 18.6 Å². The maximum atomic E-state index is 11.5. The maximum absolute atomic E-state index is 11.5. The average Bonchev–Trinajstić information content (AvgIpc) is 2.79. The molecule has 0 aliphatic carbocycles. The molecule has 0 radical (unpaired) electrons. The van der Waals surface area contributed by atoms with Crippen LogP contribution in [-0.2, 0) is 9.59 Å². The number of hydrogen-bond donors (Lipinski definition) is 2. The van der Waals surface area contributed by atoms with E-state index in [1.165, 1.54) is 77.3 Å². The number of quaternary nitrogens is 2. The first-order valence-corrected chi connectivity index (χ1v) is 14.4. The monoisotopic (exact) mass is 508 g/mol. The molecule has 2 amide bonds. The van der Waals surface area contributed by atoms with E-state index in [2.05, 4.69) is 52.0 Å². The van der Waals surface area contributed by atoms with Crippen LogP contribution in [0, 0.1) is 0 Å². The van der Waals surface area contributed by atoms with Crippen molar-refractivity contribution in [3.8, 4) is 0 Å². The Morgan fingerprint density at radius 1 is 0.500 bits per heavy atom. The molecule has 0 aromatic carbocycles. The fourth-order valence-corrected chi connectivity index (χ4v) is 4.44. The number of carbonyl (C=O) groups excluding carboxylic acids is 2. The van der Waals surface area contributed by atoms with E-state index in [4.69, 9.17) is 0 Å².